The zero-order valence-electron chi connectivity index (χ0n) is 36.3. The van der Waals surface area contributed by atoms with Gasteiger partial charge in [-0.25, -0.2) is 0 Å². The average Bonchev–Trinajstić information content (AvgIpc) is 3.27. The Bertz CT molecular complexity index is 2130. The Morgan fingerprint density at radius 1 is 0.518 bits per heavy atom. The molecule has 0 heterocycles. The third-order valence-corrected chi connectivity index (χ3v) is 8.25. The summed E-state index contributed by atoms with van der Waals surface area (Å²) in [5.74, 6) is 0. The molecule has 0 radical (unpaired) electrons. The van der Waals surface area contributed by atoms with Crippen molar-refractivity contribution in [3.63, 3.8) is 0 Å². The highest BCUT2D eigenvalue weighted by Crippen LogP contribution is 2.45. The van der Waals surface area contributed by atoms with Crippen LogP contribution < -0.4 is 9.80 Å². The molecule has 0 saturated heterocycles. The number of anilines is 3. The van der Waals surface area contributed by atoms with Crippen molar-refractivity contribution in [3.05, 3.63) is 201 Å². The summed E-state index contributed by atoms with van der Waals surface area (Å²) in [4.78, 5) is 4.66. The first kappa shape index (κ1) is 48.2. The van der Waals surface area contributed by atoms with Gasteiger partial charge in [0.2, 0.25) is 0 Å². The molecule has 0 aliphatic rings. The number of para-hydroxylation sites is 1. The number of rotatable bonds is 13. The number of allylic oxidation sites excluding steroid dienone is 12. The number of hydrogen-bond acceptors (Lipinski definition) is 2. The van der Waals surface area contributed by atoms with Crippen molar-refractivity contribution < 1.29 is 0 Å². The predicted molar refractivity (Wildman–Crippen MR) is 259 cm³/mol. The Hall–Kier alpha value is -5.86. The van der Waals surface area contributed by atoms with E-state index in [1.807, 2.05) is 86.6 Å². The maximum Gasteiger partial charge on any atom is 0.0546 e. The Morgan fingerprint density at radius 3 is 1.48 bits per heavy atom. The second-order valence-electron chi connectivity index (χ2n) is 11.3. The first-order valence-electron chi connectivity index (χ1n) is 20.5. The van der Waals surface area contributed by atoms with Crippen molar-refractivity contribution >= 4 is 49.4 Å². The number of benzene rings is 5. The molecule has 0 saturated carbocycles. The minimum absolute atomic E-state index is 0.936. The summed E-state index contributed by atoms with van der Waals surface area (Å²) in [6.07, 6.45) is 25.4. The molecule has 0 N–H and O–H groups in total. The average molecular weight is 745 g/mol. The lowest BCUT2D eigenvalue weighted by molar-refractivity contribution is 1.14. The van der Waals surface area contributed by atoms with Gasteiger partial charge < -0.3 is 9.80 Å². The molecule has 0 bridgehead atoms. The van der Waals surface area contributed by atoms with Gasteiger partial charge in [0.25, 0.3) is 0 Å². The van der Waals surface area contributed by atoms with Crippen LogP contribution in [0.4, 0.5) is 17.1 Å². The van der Waals surface area contributed by atoms with E-state index in [4.69, 9.17) is 0 Å². The molecule has 0 aliphatic heterocycles. The highest BCUT2D eigenvalue weighted by Gasteiger charge is 2.22. The van der Waals surface area contributed by atoms with E-state index in [0.717, 1.165) is 51.3 Å². The van der Waals surface area contributed by atoms with Crippen LogP contribution in [0.5, 0.6) is 0 Å². The summed E-state index contributed by atoms with van der Waals surface area (Å²) >= 11 is 0. The molecule has 5 aromatic carbocycles. The van der Waals surface area contributed by atoms with Gasteiger partial charge in [-0.15, -0.1) is 0 Å². The highest BCUT2D eigenvalue weighted by atomic mass is 15.2. The van der Waals surface area contributed by atoms with Gasteiger partial charge in [-0.05, 0) is 96.5 Å². The van der Waals surface area contributed by atoms with Gasteiger partial charge in [0.05, 0.1) is 11.4 Å². The van der Waals surface area contributed by atoms with E-state index >= 15 is 0 Å². The zero-order chi connectivity index (χ0) is 41.9. The van der Waals surface area contributed by atoms with Gasteiger partial charge in [-0.3, -0.25) is 0 Å². The van der Waals surface area contributed by atoms with Gasteiger partial charge in [-0.1, -0.05) is 191 Å². The predicted octanol–water partition coefficient (Wildman–Crippen LogP) is 17.5. The van der Waals surface area contributed by atoms with E-state index in [-0.39, 0.29) is 0 Å². The molecule has 56 heavy (non-hydrogen) atoms. The molecule has 0 amide bonds. The normalized spacial score (nSPS) is 11.5. The summed E-state index contributed by atoms with van der Waals surface area (Å²) in [6, 6.07) is 32.7. The van der Waals surface area contributed by atoms with Gasteiger partial charge in [-0.2, -0.15) is 0 Å². The van der Waals surface area contributed by atoms with Gasteiger partial charge >= 0.3 is 0 Å². The van der Waals surface area contributed by atoms with Crippen LogP contribution in [0.25, 0.3) is 32.3 Å². The largest absolute Gasteiger partial charge is 0.310 e. The molecule has 0 unspecified atom stereocenters. The molecule has 0 aliphatic carbocycles. The monoisotopic (exact) mass is 745 g/mol. The van der Waals surface area contributed by atoms with Crippen LogP contribution in [0.3, 0.4) is 0 Å². The summed E-state index contributed by atoms with van der Waals surface area (Å²) in [5.41, 5.74) is 6.37. The Labute approximate surface area is 341 Å². The van der Waals surface area contributed by atoms with E-state index in [1.54, 1.807) is 0 Å². The summed E-state index contributed by atoms with van der Waals surface area (Å²) in [6.45, 7) is 34.3. The molecule has 0 fully saturated rings. The molecule has 294 valence electrons. The molecule has 5 rings (SSSR count). The second-order valence-corrected chi connectivity index (χ2v) is 11.3. The molecular formula is C54H68N2. The van der Waals surface area contributed by atoms with Crippen LogP contribution in [0, 0.1) is 0 Å². The SMILES string of the molecule is C=C/C=C\C(=C/C)N(C(/C=C\C)=C/C=C)c1cc2c3ccccc3c(N(C(/C=C\CC)=C/C=C)c3ccccc3)cc2c2ccccc12.CC.CC.CC.CC. The Morgan fingerprint density at radius 2 is 1.00 bits per heavy atom. The molecule has 5 aromatic rings. The van der Waals surface area contributed by atoms with Gasteiger partial charge in [0.15, 0.2) is 0 Å². The molecule has 2 heteroatoms. The smallest absolute Gasteiger partial charge is 0.0546 e. The van der Waals surface area contributed by atoms with Crippen LogP contribution >= 0.6 is 0 Å². The molecule has 0 atom stereocenters. The molecule has 0 spiro atoms. The van der Waals surface area contributed by atoms with E-state index in [1.165, 1.54) is 21.5 Å². The van der Waals surface area contributed by atoms with Crippen LogP contribution in [0.1, 0.15) is 82.6 Å². The highest BCUT2D eigenvalue weighted by molar-refractivity contribution is 6.24. The van der Waals surface area contributed by atoms with Crippen LogP contribution in [-0.2, 0) is 0 Å². The summed E-state index contributed by atoms with van der Waals surface area (Å²) in [7, 11) is 0. The number of fused-ring (bicyclic) bond motifs is 5. The third-order valence-electron chi connectivity index (χ3n) is 8.25. The first-order valence-corrected chi connectivity index (χ1v) is 20.5. The summed E-state index contributed by atoms with van der Waals surface area (Å²) < 4.78 is 0. The lowest BCUT2D eigenvalue weighted by Gasteiger charge is -2.31. The Balaban J connectivity index is 0.00000184. The van der Waals surface area contributed by atoms with Gasteiger partial charge in [0.1, 0.15) is 0 Å². The van der Waals surface area contributed by atoms with E-state index in [0.29, 0.717) is 0 Å². The minimum Gasteiger partial charge on any atom is -0.310 e. The van der Waals surface area contributed by atoms with E-state index in [2.05, 4.69) is 183 Å². The van der Waals surface area contributed by atoms with Crippen molar-refractivity contribution in [2.75, 3.05) is 9.80 Å². The number of hydrogen-bond donors (Lipinski definition) is 0. The van der Waals surface area contributed by atoms with Crippen LogP contribution in [0.2, 0.25) is 0 Å². The first-order chi connectivity index (χ1) is 27.6. The summed E-state index contributed by atoms with van der Waals surface area (Å²) in [5, 5.41) is 7.03. The maximum absolute atomic E-state index is 4.07. The van der Waals surface area contributed by atoms with Crippen molar-refractivity contribution in [1.29, 1.82) is 0 Å². The Kier molecular flexibility index (Phi) is 23.8. The third kappa shape index (κ3) is 11.8. The minimum atomic E-state index is 0.936. The van der Waals surface area contributed by atoms with Crippen molar-refractivity contribution in [2.24, 2.45) is 0 Å². The van der Waals surface area contributed by atoms with Crippen LogP contribution in [0.15, 0.2) is 201 Å². The lowest BCUT2D eigenvalue weighted by Crippen LogP contribution is -2.20. The quantitative estimate of drug-likeness (QED) is 0.0875. The fourth-order valence-electron chi connectivity index (χ4n) is 6.24. The lowest BCUT2D eigenvalue weighted by atomic mass is 9.93. The van der Waals surface area contributed by atoms with Crippen LogP contribution in [-0.4, -0.2) is 0 Å². The standard InChI is InChI=1S/C46H44N2.4C2H6/c1-7-13-25-35(12-6)47(36(22-9-3)23-10-4)45-33-43-40-30-19-21-32-42(40)46(34-44(43)39-29-18-20-31-41(39)45)48(38-27-16-15-17-28-38)37(24-11-5)26-14-8-2;4*1-2/h7,9-34H,1,3,5,8H2,2,4,6H3;4*1-2H3/b23-10-,25-13-,26-14-,35-12+,36-22+,37-24+;;;;. The topological polar surface area (TPSA) is 6.48 Å². The van der Waals surface area contributed by atoms with Crippen molar-refractivity contribution in [2.45, 2.75) is 82.6 Å². The van der Waals surface area contributed by atoms with Gasteiger partial charge in [0, 0.05) is 33.6 Å². The molecule has 0 aromatic heterocycles. The fourth-order valence-corrected chi connectivity index (χ4v) is 6.24. The molecule has 2 nitrogen and oxygen atoms in total. The second kappa shape index (κ2) is 27.7. The van der Waals surface area contributed by atoms with E-state index in [9.17, 15) is 0 Å². The van der Waals surface area contributed by atoms with Crippen molar-refractivity contribution in [1.82, 2.24) is 0 Å². The maximum atomic E-state index is 4.07. The zero-order valence-corrected chi connectivity index (χ0v) is 36.3. The number of nitrogens with zero attached hydrogens (tertiary/aromatic N) is 2. The van der Waals surface area contributed by atoms with Crippen molar-refractivity contribution in [3.8, 4) is 0 Å². The molecular weight excluding hydrogens is 677 g/mol. The van der Waals surface area contributed by atoms with E-state index < -0.39 is 0 Å². The fraction of sp³-hybridized carbons (Fsp3) is 0.222.